The zero-order valence-corrected chi connectivity index (χ0v) is 11.6. The number of hydrogen-bond acceptors (Lipinski definition) is 3. The van der Waals surface area contributed by atoms with Crippen molar-refractivity contribution < 1.29 is 4.79 Å². The Balaban J connectivity index is 1.75. The van der Waals surface area contributed by atoms with E-state index >= 15 is 0 Å². The smallest absolute Gasteiger partial charge is 0.234 e. The van der Waals surface area contributed by atoms with Gasteiger partial charge >= 0.3 is 0 Å². The van der Waals surface area contributed by atoms with Gasteiger partial charge in [0, 0.05) is 18.3 Å². The van der Waals surface area contributed by atoms with Crippen LogP contribution in [-0.4, -0.2) is 30.4 Å². The lowest BCUT2D eigenvalue weighted by atomic mass is 10.2. The number of nitrogens with zero attached hydrogens (tertiary/aromatic N) is 1. The van der Waals surface area contributed by atoms with Crippen LogP contribution < -0.4 is 11.1 Å². The van der Waals surface area contributed by atoms with Crippen LogP contribution in [0, 0.1) is 0 Å². The highest BCUT2D eigenvalue weighted by Crippen LogP contribution is 2.17. The zero-order valence-electron chi connectivity index (χ0n) is 11.6. The average molecular weight is 261 g/mol. The summed E-state index contributed by atoms with van der Waals surface area (Å²) >= 11 is 0. The third kappa shape index (κ3) is 4.56. The Labute approximate surface area is 115 Å². The molecule has 1 aliphatic rings. The molecule has 104 valence electrons. The monoisotopic (exact) mass is 261 g/mol. The van der Waals surface area contributed by atoms with E-state index < -0.39 is 0 Å². The van der Waals surface area contributed by atoms with Crippen molar-refractivity contribution in [2.24, 2.45) is 0 Å². The predicted octanol–water partition coefficient (Wildman–Crippen LogP) is 1.76. The Bertz CT molecular complexity index is 410. The molecule has 1 fully saturated rings. The van der Waals surface area contributed by atoms with Crippen LogP contribution in [0.1, 0.15) is 31.2 Å². The van der Waals surface area contributed by atoms with Crippen molar-refractivity contribution in [1.29, 1.82) is 0 Å². The third-order valence-electron chi connectivity index (χ3n) is 3.57. The molecule has 0 unspecified atom stereocenters. The maximum Gasteiger partial charge on any atom is 0.234 e. The Kier molecular flexibility index (Phi) is 4.80. The molecule has 1 aromatic carbocycles. The van der Waals surface area contributed by atoms with E-state index in [9.17, 15) is 4.79 Å². The molecule has 2 rings (SSSR count). The van der Waals surface area contributed by atoms with Crippen LogP contribution in [0.3, 0.4) is 0 Å². The molecule has 4 heteroatoms. The Morgan fingerprint density at radius 2 is 1.95 bits per heavy atom. The minimum absolute atomic E-state index is 0.129. The van der Waals surface area contributed by atoms with Crippen molar-refractivity contribution in [3.8, 4) is 0 Å². The fourth-order valence-corrected chi connectivity index (χ4v) is 2.58. The fourth-order valence-electron chi connectivity index (χ4n) is 2.58. The fraction of sp³-hybridized carbons (Fsp3) is 0.533. The van der Waals surface area contributed by atoms with Crippen LogP contribution >= 0.6 is 0 Å². The number of nitrogen functional groups attached to an aromatic ring is 1. The molecule has 0 radical (unpaired) electrons. The van der Waals surface area contributed by atoms with E-state index in [1.54, 1.807) is 0 Å². The minimum atomic E-state index is 0.129. The molecule has 1 amide bonds. The second-order valence-electron chi connectivity index (χ2n) is 5.46. The summed E-state index contributed by atoms with van der Waals surface area (Å²) < 4.78 is 0. The van der Waals surface area contributed by atoms with E-state index in [1.807, 2.05) is 36.2 Å². The van der Waals surface area contributed by atoms with Crippen LogP contribution in [0.15, 0.2) is 24.3 Å². The van der Waals surface area contributed by atoms with Gasteiger partial charge in [-0.25, -0.2) is 0 Å². The summed E-state index contributed by atoms with van der Waals surface area (Å²) in [6.45, 7) is 1.21. The van der Waals surface area contributed by atoms with Gasteiger partial charge in [-0.1, -0.05) is 25.0 Å². The Hall–Kier alpha value is -1.55. The molecule has 0 atom stereocenters. The number of nitrogens with two attached hydrogens (primary N) is 1. The van der Waals surface area contributed by atoms with Gasteiger partial charge in [-0.3, -0.25) is 9.69 Å². The largest absolute Gasteiger partial charge is 0.399 e. The number of benzene rings is 1. The summed E-state index contributed by atoms with van der Waals surface area (Å²) in [7, 11) is 1.96. The molecule has 1 aromatic rings. The van der Waals surface area contributed by atoms with E-state index in [1.165, 1.54) is 18.4 Å². The van der Waals surface area contributed by atoms with Gasteiger partial charge in [0.15, 0.2) is 0 Å². The topological polar surface area (TPSA) is 58.4 Å². The summed E-state index contributed by atoms with van der Waals surface area (Å²) in [6.07, 6.45) is 4.75. The first-order valence-corrected chi connectivity index (χ1v) is 6.96. The lowest BCUT2D eigenvalue weighted by Gasteiger charge is -2.18. The SMILES string of the molecule is CN(CC(=O)NC1CCCC1)Cc1ccc(N)cc1. The summed E-state index contributed by atoms with van der Waals surface area (Å²) in [6, 6.07) is 8.18. The number of carbonyl (C=O) groups excluding carboxylic acids is 1. The number of rotatable bonds is 5. The van der Waals surface area contributed by atoms with E-state index in [4.69, 9.17) is 5.73 Å². The molecule has 19 heavy (non-hydrogen) atoms. The van der Waals surface area contributed by atoms with Crippen molar-refractivity contribution in [3.05, 3.63) is 29.8 Å². The number of nitrogens with one attached hydrogen (secondary N) is 1. The van der Waals surface area contributed by atoms with Crippen molar-refractivity contribution >= 4 is 11.6 Å². The van der Waals surface area contributed by atoms with Crippen molar-refractivity contribution in [3.63, 3.8) is 0 Å². The third-order valence-corrected chi connectivity index (χ3v) is 3.57. The second kappa shape index (κ2) is 6.57. The maximum atomic E-state index is 11.9. The summed E-state index contributed by atoms with van der Waals surface area (Å²) in [5, 5.41) is 3.10. The van der Waals surface area contributed by atoms with E-state index in [2.05, 4.69) is 5.32 Å². The van der Waals surface area contributed by atoms with Crippen LogP contribution in [0.5, 0.6) is 0 Å². The van der Waals surface area contributed by atoms with Gasteiger partial charge in [0.1, 0.15) is 0 Å². The zero-order chi connectivity index (χ0) is 13.7. The van der Waals surface area contributed by atoms with Gasteiger partial charge in [0.05, 0.1) is 6.54 Å². The van der Waals surface area contributed by atoms with Crippen LogP contribution in [0.4, 0.5) is 5.69 Å². The summed E-state index contributed by atoms with van der Waals surface area (Å²) in [4.78, 5) is 13.9. The standard InChI is InChI=1S/C15H23N3O/c1-18(10-12-6-8-13(16)9-7-12)11-15(19)17-14-4-2-3-5-14/h6-9,14H,2-5,10-11,16H2,1H3,(H,17,19). The highest BCUT2D eigenvalue weighted by molar-refractivity contribution is 5.78. The van der Waals surface area contributed by atoms with Gasteiger partial charge in [0.25, 0.3) is 0 Å². The molecular formula is C15H23N3O. The molecule has 3 N–H and O–H groups in total. The van der Waals surface area contributed by atoms with Crippen LogP contribution in [0.2, 0.25) is 0 Å². The predicted molar refractivity (Wildman–Crippen MR) is 77.6 cm³/mol. The Morgan fingerprint density at radius 3 is 2.58 bits per heavy atom. The first-order chi connectivity index (χ1) is 9.13. The number of amides is 1. The molecule has 4 nitrogen and oxygen atoms in total. The molecule has 0 spiro atoms. The molecule has 0 aromatic heterocycles. The highest BCUT2D eigenvalue weighted by Gasteiger charge is 2.17. The normalized spacial score (nSPS) is 15.9. The number of anilines is 1. The molecule has 0 aliphatic heterocycles. The van der Waals surface area contributed by atoms with Crippen molar-refractivity contribution in [2.75, 3.05) is 19.3 Å². The van der Waals surface area contributed by atoms with Gasteiger partial charge in [0.2, 0.25) is 5.91 Å². The van der Waals surface area contributed by atoms with Crippen molar-refractivity contribution in [1.82, 2.24) is 10.2 Å². The lowest BCUT2D eigenvalue weighted by molar-refractivity contribution is -0.122. The molecule has 0 saturated heterocycles. The number of likely N-dealkylation sites (N-methyl/N-ethyl adjacent to an activating group) is 1. The summed E-state index contributed by atoms with van der Waals surface area (Å²) in [5.41, 5.74) is 7.59. The molecule has 0 heterocycles. The van der Waals surface area contributed by atoms with Crippen LogP contribution in [0.25, 0.3) is 0 Å². The van der Waals surface area contributed by atoms with Gasteiger partial charge in [-0.2, -0.15) is 0 Å². The van der Waals surface area contributed by atoms with Gasteiger partial charge < -0.3 is 11.1 Å². The Morgan fingerprint density at radius 1 is 1.32 bits per heavy atom. The van der Waals surface area contributed by atoms with Gasteiger partial charge in [-0.05, 0) is 37.6 Å². The molecule has 1 saturated carbocycles. The maximum absolute atomic E-state index is 11.9. The van der Waals surface area contributed by atoms with Crippen LogP contribution in [-0.2, 0) is 11.3 Å². The van der Waals surface area contributed by atoms with E-state index in [0.29, 0.717) is 12.6 Å². The number of hydrogen-bond donors (Lipinski definition) is 2. The molecular weight excluding hydrogens is 238 g/mol. The lowest BCUT2D eigenvalue weighted by Crippen LogP contribution is -2.39. The van der Waals surface area contributed by atoms with Gasteiger partial charge in [-0.15, -0.1) is 0 Å². The number of carbonyl (C=O) groups is 1. The first kappa shape index (κ1) is 13.9. The average Bonchev–Trinajstić information content (AvgIpc) is 2.84. The second-order valence-corrected chi connectivity index (χ2v) is 5.46. The molecule has 0 bridgehead atoms. The first-order valence-electron chi connectivity index (χ1n) is 6.96. The van der Waals surface area contributed by atoms with E-state index in [-0.39, 0.29) is 5.91 Å². The minimum Gasteiger partial charge on any atom is -0.399 e. The highest BCUT2D eigenvalue weighted by atomic mass is 16.2. The molecule has 1 aliphatic carbocycles. The quantitative estimate of drug-likeness (QED) is 0.794. The van der Waals surface area contributed by atoms with Crippen molar-refractivity contribution in [2.45, 2.75) is 38.3 Å². The summed E-state index contributed by atoms with van der Waals surface area (Å²) in [5.74, 6) is 0.129. The van der Waals surface area contributed by atoms with E-state index in [0.717, 1.165) is 25.1 Å².